The maximum Gasteiger partial charge on any atom is 0.152 e. The molecule has 66 valence electrons. The van der Waals surface area contributed by atoms with Crippen LogP contribution in [0.4, 0.5) is 0 Å². The number of hydrogen-bond acceptors (Lipinski definition) is 2. The van der Waals surface area contributed by atoms with Crippen LogP contribution >= 0.6 is 15.9 Å². The Morgan fingerprint density at radius 2 is 2.54 bits per heavy atom. The fourth-order valence-electron chi connectivity index (χ4n) is 0.773. The zero-order valence-electron chi connectivity index (χ0n) is 14.2. The molecule has 0 aromatic carbocycles. The first-order valence-corrected chi connectivity index (χ1v) is 4.05. The molecular weight excluding hydrogens is 230 g/mol. The molecular formula is C9H8BrN3. The second kappa shape index (κ2) is 3.30. The minimum absolute atomic E-state index is 0.0139. The molecule has 4 heteroatoms. The van der Waals surface area contributed by atoms with Crippen LogP contribution in [0.5, 0.6) is 0 Å². The summed E-state index contributed by atoms with van der Waals surface area (Å²) >= 11 is 3.02. The topological polar surface area (TPSA) is 30.7 Å². The summed E-state index contributed by atoms with van der Waals surface area (Å²) in [6, 6.07) is -0.757. The Hall–Kier alpha value is -1.16. The number of hydrogen-bond donors (Lipinski definition) is 0. The van der Waals surface area contributed by atoms with Crippen LogP contribution in [-0.4, -0.2) is 14.5 Å². The first kappa shape index (κ1) is 3.20. The Bertz CT molecular complexity index is 723. The SMILES string of the molecule is [2H]c1nc(-n2c([2H])nc(C([2H])([2H])[2H])c2[2H])c(Br)c([2H])c1[2H]. The van der Waals surface area contributed by atoms with Crippen LogP contribution in [0, 0.1) is 6.85 Å². The largest absolute Gasteiger partial charge is 0.289 e. The van der Waals surface area contributed by atoms with Crippen LogP contribution in [0.15, 0.2) is 35.2 Å². The summed E-state index contributed by atoms with van der Waals surface area (Å²) in [7, 11) is 0. The highest BCUT2D eigenvalue weighted by atomic mass is 79.9. The van der Waals surface area contributed by atoms with E-state index in [1.54, 1.807) is 0 Å². The summed E-state index contributed by atoms with van der Waals surface area (Å²) in [4.78, 5) is 7.26. The van der Waals surface area contributed by atoms with Crippen molar-refractivity contribution >= 4 is 15.9 Å². The lowest BCUT2D eigenvalue weighted by atomic mass is 10.4. The summed E-state index contributed by atoms with van der Waals surface area (Å²) < 4.78 is 60.8. The predicted octanol–water partition coefficient (Wildman–Crippen LogP) is 2.34. The molecule has 0 fully saturated rings. The van der Waals surface area contributed by atoms with Crippen LogP contribution in [0.3, 0.4) is 0 Å². The standard InChI is InChI=1S/C9H8BrN3/c1-7-5-13(6-12-7)9-8(10)3-2-4-11-9/h2-6H,1H3/i1D3,2D,3D,4D,5D,6D. The lowest BCUT2D eigenvalue weighted by Gasteiger charge is -2.01. The molecule has 0 saturated heterocycles. The predicted molar refractivity (Wildman–Crippen MR) is 53.8 cm³/mol. The minimum Gasteiger partial charge on any atom is -0.289 e. The molecule has 0 saturated carbocycles. The van der Waals surface area contributed by atoms with Crippen molar-refractivity contribution < 1.29 is 11.0 Å². The van der Waals surface area contributed by atoms with Gasteiger partial charge in [-0.15, -0.1) is 0 Å². The molecule has 0 bridgehead atoms. The number of aromatic nitrogens is 3. The molecule has 2 rings (SSSR count). The second-order valence-corrected chi connectivity index (χ2v) is 2.91. The fourth-order valence-corrected chi connectivity index (χ4v) is 1.14. The van der Waals surface area contributed by atoms with Crippen LogP contribution in [0.2, 0.25) is 0 Å². The van der Waals surface area contributed by atoms with Gasteiger partial charge in [-0.2, -0.15) is 0 Å². The molecule has 2 aromatic heterocycles. The monoisotopic (exact) mass is 245 g/mol. The summed E-state index contributed by atoms with van der Waals surface area (Å²) in [5, 5.41) is 0. The van der Waals surface area contributed by atoms with Gasteiger partial charge in [0.05, 0.1) is 15.6 Å². The third-order valence-corrected chi connectivity index (χ3v) is 1.83. The van der Waals surface area contributed by atoms with Gasteiger partial charge < -0.3 is 0 Å². The van der Waals surface area contributed by atoms with E-state index < -0.39 is 37.2 Å². The van der Waals surface area contributed by atoms with Gasteiger partial charge in [-0.3, -0.25) is 4.57 Å². The first-order chi connectivity index (χ1) is 9.55. The third kappa shape index (κ3) is 1.62. The average molecular weight is 246 g/mol. The lowest BCUT2D eigenvalue weighted by Crippen LogP contribution is -1.94. The van der Waals surface area contributed by atoms with E-state index in [1.807, 2.05) is 0 Å². The zero-order valence-corrected chi connectivity index (χ0v) is 7.81. The van der Waals surface area contributed by atoms with Crippen molar-refractivity contribution in [3.05, 3.63) is 40.9 Å². The minimum atomic E-state index is -2.66. The van der Waals surface area contributed by atoms with E-state index in [0.717, 1.165) is 4.57 Å². The Morgan fingerprint density at radius 1 is 1.62 bits per heavy atom. The van der Waals surface area contributed by atoms with E-state index in [9.17, 15) is 0 Å². The number of nitrogens with zero attached hydrogens (tertiary/aromatic N) is 3. The number of rotatable bonds is 1. The van der Waals surface area contributed by atoms with Gasteiger partial charge in [0.15, 0.2) is 5.82 Å². The third-order valence-electron chi connectivity index (χ3n) is 1.28. The fraction of sp³-hybridized carbons (Fsp3) is 0.111. The highest BCUT2D eigenvalue weighted by Crippen LogP contribution is 2.17. The van der Waals surface area contributed by atoms with Gasteiger partial charge in [0.25, 0.3) is 0 Å². The molecule has 0 spiro atoms. The molecule has 0 N–H and O–H groups in total. The van der Waals surface area contributed by atoms with Gasteiger partial charge in [0.1, 0.15) is 7.67 Å². The Kier molecular flexibility index (Phi) is 0.813. The summed E-state index contributed by atoms with van der Waals surface area (Å²) in [5.41, 5.74) is -0.561. The molecule has 0 amide bonds. The zero-order chi connectivity index (χ0) is 16.1. The smallest absolute Gasteiger partial charge is 0.152 e. The first-order valence-electron chi connectivity index (χ1n) is 7.25. The summed E-state index contributed by atoms with van der Waals surface area (Å²) in [5.74, 6) is -0.181. The maximum absolute atomic E-state index is 7.84. The van der Waals surface area contributed by atoms with Crippen molar-refractivity contribution in [2.75, 3.05) is 0 Å². The van der Waals surface area contributed by atoms with Gasteiger partial charge in [-0.1, -0.05) is 0 Å². The van der Waals surface area contributed by atoms with Crippen molar-refractivity contribution in [3.8, 4) is 5.82 Å². The molecule has 0 aliphatic rings. The Labute approximate surface area is 95.8 Å². The van der Waals surface area contributed by atoms with Crippen LogP contribution < -0.4 is 0 Å². The van der Waals surface area contributed by atoms with E-state index in [-0.39, 0.29) is 16.3 Å². The number of halogens is 1. The quantitative estimate of drug-likeness (QED) is 0.773. The van der Waals surface area contributed by atoms with E-state index in [1.165, 1.54) is 0 Å². The molecule has 0 aliphatic heterocycles. The Morgan fingerprint density at radius 3 is 3.31 bits per heavy atom. The second-order valence-electron chi connectivity index (χ2n) is 2.12. The number of imidazole rings is 1. The van der Waals surface area contributed by atoms with E-state index in [4.69, 9.17) is 11.0 Å². The molecule has 0 atom stereocenters. The molecule has 2 heterocycles. The van der Waals surface area contributed by atoms with Gasteiger partial charge in [0, 0.05) is 16.5 Å². The molecule has 13 heavy (non-hydrogen) atoms. The number of pyridine rings is 1. The normalized spacial score (nSPS) is 20.1. The summed E-state index contributed by atoms with van der Waals surface area (Å²) in [6.07, 6.45) is -1.62. The van der Waals surface area contributed by atoms with E-state index >= 15 is 0 Å². The van der Waals surface area contributed by atoms with Crippen LogP contribution in [0.25, 0.3) is 5.82 Å². The van der Waals surface area contributed by atoms with E-state index in [0.29, 0.717) is 0 Å². The van der Waals surface area contributed by atoms with Gasteiger partial charge >= 0.3 is 0 Å². The van der Waals surface area contributed by atoms with Gasteiger partial charge in [-0.25, -0.2) is 9.97 Å². The maximum atomic E-state index is 7.84. The molecule has 0 unspecified atom stereocenters. The van der Waals surface area contributed by atoms with Gasteiger partial charge in [0.2, 0.25) is 0 Å². The molecule has 0 aliphatic carbocycles. The van der Waals surface area contributed by atoms with Crippen molar-refractivity contribution in [2.45, 2.75) is 6.85 Å². The van der Waals surface area contributed by atoms with Crippen molar-refractivity contribution in [1.29, 1.82) is 0 Å². The molecule has 2 aromatic rings. The van der Waals surface area contributed by atoms with E-state index in [2.05, 4.69) is 25.9 Å². The average Bonchev–Trinajstić information content (AvgIpc) is 2.67. The van der Waals surface area contributed by atoms with Crippen LogP contribution in [-0.2, 0) is 0 Å². The molecule has 3 nitrogen and oxygen atoms in total. The highest BCUT2D eigenvalue weighted by Gasteiger charge is 2.02. The van der Waals surface area contributed by atoms with Crippen molar-refractivity contribution in [3.63, 3.8) is 0 Å². The van der Waals surface area contributed by atoms with Crippen molar-refractivity contribution in [2.24, 2.45) is 0 Å². The van der Waals surface area contributed by atoms with Crippen LogP contribution in [0.1, 0.15) is 16.7 Å². The summed E-state index contributed by atoms with van der Waals surface area (Å²) in [6.45, 7) is -2.66. The Balaban J connectivity index is 2.78. The van der Waals surface area contributed by atoms with Gasteiger partial charge in [-0.05, 0) is 34.9 Å². The number of aryl methyl sites for hydroxylation is 1. The highest BCUT2D eigenvalue weighted by molar-refractivity contribution is 9.10. The lowest BCUT2D eigenvalue weighted by molar-refractivity contribution is 0.984. The van der Waals surface area contributed by atoms with Crippen molar-refractivity contribution in [1.82, 2.24) is 14.5 Å². The molecule has 0 radical (unpaired) electrons.